The molecule has 0 saturated carbocycles. The summed E-state index contributed by atoms with van der Waals surface area (Å²) >= 11 is 5.70. The Hall–Kier alpha value is -1.36. The van der Waals surface area contributed by atoms with Crippen molar-refractivity contribution < 1.29 is 4.92 Å². The lowest BCUT2D eigenvalue weighted by atomic mass is 10.3. The summed E-state index contributed by atoms with van der Waals surface area (Å²) in [6.07, 6.45) is 0. The first-order valence-corrected chi connectivity index (χ1v) is 3.93. The van der Waals surface area contributed by atoms with Crippen LogP contribution in [0.1, 0.15) is 5.56 Å². The second kappa shape index (κ2) is 3.57. The molecule has 0 aliphatic carbocycles. The SMILES string of the molecule is CNc1nc(Cl)c(C)cc1[N+](=O)[O-]. The molecule has 1 N–H and O–H groups in total. The van der Waals surface area contributed by atoms with Crippen molar-refractivity contribution in [2.45, 2.75) is 6.92 Å². The molecule has 1 aromatic heterocycles. The van der Waals surface area contributed by atoms with Gasteiger partial charge in [0, 0.05) is 13.1 Å². The summed E-state index contributed by atoms with van der Waals surface area (Å²) in [6.45, 7) is 1.67. The maximum atomic E-state index is 10.5. The number of aryl methyl sites for hydroxylation is 1. The van der Waals surface area contributed by atoms with E-state index in [1.165, 1.54) is 6.07 Å². The summed E-state index contributed by atoms with van der Waals surface area (Å²) in [5.74, 6) is 0.181. The van der Waals surface area contributed by atoms with E-state index in [0.29, 0.717) is 5.56 Å². The van der Waals surface area contributed by atoms with E-state index in [4.69, 9.17) is 11.6 Å². The van der Waals surface area contributed by atoms with Gasteiger partial charge in [0.15, 0.2) is 0 Å². The van der Waals surface area contributed by atoms with Gasteiger partial charge in [0.05, 0.1) is 4.92 Å². The molecule has 1 heterocycles. The summed E-state index contributed by atoms with van der Waals surface area (Å²) in [4.78, 5) is 13.9. The maximum absolute atomic E-state index is 10.5. The molecule has 0 spiro atoms. The van der Waals surface area contributed by atoms with Crippen molar-refractivity contribution >= 4 is 23.1 Å². The van der Waals surface area contributed by atoms with Gasteiger partial charge >= 0.3 is 5.69 Å². The highest BCUT2D eigenvalue weighted by Crippen LogP contribution is 2.26. The molecule has 1 rings (SSSR count). The highest BCUT2D eigenvalue weighted by molar-refractivity contribution is 6.30. The highest BCUT2D eigenvalue weighted by Gasteiger charge is 2.16. The van der Waals surface area contributed by atoms with E-state index < -0.39 is 4.92 Å². The Kier molecular flexibility index (Phi) is 2.67. The topological polar surface area (TPSA) is 68.1 Å². The molecule has 0 bridgehead atoms. The highest BCUT2D eigenvalue weighted by atomic mass is 35.5. The summed E-state index contributed by atoms with van der Waals surface area (Å²) in [7, 11) is 1.56. The van der Waals surface area contributed by atoms with Crippen molar-refractivity contribution in [1.29, 1.82) is 0 Å². The zero-order valence-corrected chi connectivity index (χ0v) is 7.92. The van der Waals surface area contributed by atoms with E-state index in [1.807, 2.05) is 0 Å². The molecule has 0 aliphatic heterocycles. The molecular weight excluding hydrogens is 194 g/mol. The van der Waals surface area contributed by atoms with Crippen LogP contribution in [0, 0.1) is 17.0 Å². The zero-order chi connectivity index (χ0) is 10.0. The van der Waals surface area contributed by atoms with Gasteiger partial charge in [-0.25, -0.2) is 4.98 Å². The van der Waals surface area contributed by atoms with Crippen molar-refractivity contribution in [3.8, 4) is 0 Å². The van der Waals surface area contributed by atoms with Gasteiger partial charge < -0.3 is 5.32 Å². The van der Waals surface area contributed by atoms with Crippen molar-refractivity contribution in [3.05, 3.63) is 26.9 Å². The van der Waals surface area contributed by atoms with E-state index in [1.54, 1.807) is 14.0 Å². The third-order valence-electron chi connectivity index (χ3n) is 1.56. The van der Waals surface area contributed by atoms with Crippen molar-refractivity contribution in [3.63, 3.8) is 0 Å². The normalized spacial score (nSPS) is 9.77. The molecule has 0 aliphatic rings. The largest absolute Gasteiger partial charge is 0.367 e. The van der Waals surface area contributed by atoms with Crippen molar-refractivity contribution in [2.24, 2.45) is 0 Å². The number of aromatic nitrogens is 1. The maximum Gasteiger partial charge on any atom is 0.311 e. The average Bonchev–Trinajstić information content (AvgIpc) is 2.08. The summed E-state index contributed by atoms with van der Waals surface area (Å²) < 4.78 is 0. The van der Waals surface area contributed by atoms with Gasteiger partial charge in [0.25, 0.3) is 0 Å². The van der Waals surface area contributed by atoms with Gasteiger partial charge in [-0.2, -0.15) is 0 Å². The molecule has 5 nitrogen and oxygen atoms in total. The van der Waals surface area contributed by atoms with Gasteiger partial charge in [0.1, 0.15) is 5.15 Å². The van der Waals surface area contributed by atoms with E-state index in [-0.39, 0.29) is 16.7 Å². The van der Waals surface area contributed by atoms with Crippen molar-refractivity contribution in [1.82, 2.24) is 4.98 Å². The molecule has 1 aromatic rings. The van der Waals surface area contributed by atoms with Crippen LogP contribution < -0.4 is 5.32 Å². The minimum absolute atomic E-state index is 0.0654. The van der Waals surface area contributed by atoms with Crippen LogP contribution in [0.15, 0.2) is 6.07 Å². The van der Waals surface area contributed by atoms with E-state index in [9.17, 15) is 10.1 Å². The fraction of sp³-hybridized carbons (Fsp3) is 0.286. The van der Waals surface area contributed by atoms with Gasteiger partial charge in [-0.15, -0.1) is 0 Å². The van der Waals surface area contributed by atoms with Crippen LogP contribution in [0.25, 0.3) is 0 Å². The Labute approximate surface area is 79.9 Å². The molecule has 0 saturated heterocycles. The lowest BCUT2D eigenvalue weighted by Gasteiger charge is -2.02. The first kappa shape index (κ1) is 9.73. The number of nitrogens with zero attached hydrogens (tertiary/aromatic N) is 2. The second-order valence-electron chi connectivity index (χ2n) is 2.47. The fourth-order valence-corrected chi connectivity index (χ4v) is 1.04. The molecule has 0 atom stereocenters. The Morgan fingerprint density at radius 2 is 2.31 bits per heavy atom. The van der Waals surface area contributed by atoms with E-state index >= 15 is 0 Å². The first-order valence-electron chi connectivity index (χ1n) is 3.55. The van der Waals surface area contributed by atoms with Gasteiger partial charge in [-0.3, -0.25) is 10.1 Å². The monoisotopic (exact) mass is 201 g/mol. The number of nitro groups is 1. The van der Waals surface area contributed by atoms with Crippen LogP contribution >= 0.6 is 11.6 Å². The molecule has 6 heteroatoms. The minimum atomic E-state index is -0.498. The molecular formula is C7H8ClN3O2. The molecule has 0 radical (unpaired) electrons. The standard InChI is InChI=1S/C7H8ClN3O2/c1-4-3-5(11(12)13)7(9-2)10-6(4)8/h3H,1-2H3,(H,9,10). The number of nitrogens with one attached hydrogen (secondary N) is 1. The summed E-state index contributed by atoms with van der Waals surface area (Å²) in [6, 6.07) is 1.39. The number of pyridine rings is 1. The Morgan fingerprint density at radius 1 is 1.69 bits per heavy atom. The van der Waals surface area contributed by atoms with Crippen LogP contribution in [0.5, 0.6) is 0 Å². The molecule has 70 valence electrons. The number of hydrogen-bond acceptors (Lipinski definition) is 4. The fourth-order valence-electron chi connectivity index (χ4n) is 0.900. The van der Waals surface area contributed by atoms with Crippen LogP contribution in [0.4, 0.5) is 11.5 Å². The molecule has 0 unspecified atom stereocenters. The number of hydrogen-bond donors (Lipinski definition) is 1. The third-order valence-corrected chi connectivity index (χ3v) is 1.95. The Balaban J connectivity index is 3.33. The third kappa shape index (κ3) is 1.86. The van der Waals surface area contributed by atoms with Crippen LogP contribution in [-0.2, 0) is 0 Å². The predicted octanol–water partition coefficient (Wildman–Crippen LogP) is 1.99. The summed E-state index contributed by atoms with van der Waals surface area (Å²) in [5.41, 5.74) is 0.525. The molecule has 0 fully saturated rings. The number of rotatable bonds is 2. The number of halogens is 1. The lowest BCUT2D eigenvalue weighted by molar-refractivity contribution is -0.384. The molecule has 13 heavy (non-hydrogen) atoms. The number of anilines is 1. The minimum Gasteiger partial charge on any atom is -0.367 e. The van der Waals surface area contributed by atoms with Gasteiger partial charge in [-0.1, -0.05) is 11.6 Å². The Bertz CT molecular complexity index is 354. The smallest absolute Gasteiger partial charge is 0.311 e. The van der Waals surface area contributed by atoms with E-state index in [0.717, 1.165) is 0 Å². The quantitative estimate of drug-likeness (QED) is 0.451. The van der Waals surface area contributed by atoms with E-state index in [2.05, 4.69) is 10.3 Å². The van der Waals surface area contributed by atoms with Crippen LogP contribution in [0.2, 0.25) is 5.15 Å². The average molecular weight is 202 g/mol. The van der Waals surface area contributed by atoms with Gasteiger partial charge in [-0.05, 0) is 12.5 Å². The molecule has 0 aromatic carbocycles. The summed E-state index contributed by atoms with van der Waals surface area (Å²) in [5, 5.41) is 13.4. The first-order chi connectivity index (χ1) is 6.06. The van der Waals surface area contributed by atoms with Gasteiger partial charge in [0.2, 0.25) is 5.82 Å². The Morgan fingerprint density at radius 3 is 2.77 bits per heavy atom. The second-order valence-corrected chi connectivity index (χ2v) is 2.83. The molecule has 0 amide bonds. The lowest BCUT2D eigenvalue weighted by Crippen LogP contribution is -2.00. The van der Waals surface area contributed by atoms with Crippen molar-refractivity contribution in [2.75, 3.05) is 12.4 Å². The predicted molar refractivity (Wildman–Crippen MR) is 50.2 cm³/mol. The van der Waals surface area contributed by atoms with Crippen LogP contribution in [0.3, 0.4) is 0 Å². The van der Waals surface area contributed by atoms with Crippen LogP contribution in [-0.4, -0.2) is 17.0 Å². The zero-order valence-electron chi connectivity index (χ0n) is 7.17.